The first kappa shape index (κ1) is 20.5. The van der Waals surface area contributed by atoms with Crippen LogP contribution in [0.2, 0.25) is 0 Å². The van der Waals surface area contributed by atoms with Gasteiger partial charge in [0, 0.05) is 51.3 Å². The lowest BCUT2D eigenvalue weighted by Gasteiger charge is -2.34. The van der Waals surface area contributed by atoms with Crippen molar-refractivity contribution in [2.75, 3.05) is 26.2 Å². The predicted octanol–water partition coefficient (Wildman–Crippen LogP) is 2.38. The summed E-state index contributed by atoms with van der Waals surface area (Å²) in [6.07, 6.45) is 5.28. The van der Waals surface area contributed by atoms with Crippen LogP contribution in [0.15, 0.2) is 55.0 Å². The summed E-state index contributed by atoms with van der Waals surface area (Å²) in [6.45, 7) is 3.76. The minimum atomic E-state index is -0.532. The largest absolute Gasteiger partial charge is 0.335 e. The molecule has 2 aromatic heterocycles. The summed E-state index contributed by atoms with van der Waals surface area (Å²) in [5.74, 6) is 0.731. The monoisotopic (exact) mass is 422 g/mol. The second-order valence-electron chi connectivity index (χ2n) is 7.29. The number of amides is 3. The fraction of sp³-hybridized carbons (Fsp3) is 0.273. The maximum absolute atomic E-state index is 13.9. The Balaban J connectivity index is 1.27. The van der Waals surface area contributed by atoms with Crippen molar-refractivity contribution in [3.05, 3.63) is 77.8 Å². The van der Waals surface area contributed by atoms with E-state index >= 15 is 0 Å². The number of carbonyl (C=O) groups excluding carboxylic acids is 2. The van der Waals surface area contributed by atoms with Crippen LogP contribution in [0, 0.1) is 12.7 Å². The van der Waals surface area contributed by atoms with E-state index in [0.29, 0.717) is 32.7 Å². The number of aromatic nitrogens is 3. The first-order valence-electron chi connectivity index (χ1n) is 10.0. The lowest BCUT2D eigenvalue weighted by molar-refractivity contribution is 0.0660. The van der Waals surface area contributed by atoms with Crippen LogP contribution in [0.5, 0.6) is 0 Å². The van der Waals surface area contributed by atoms with Crippen LogP contribution < -0.4 is 5.32 Å². The number of rotatable bonds is 4. The first-order chi connectivity index (χ1) is 15.0. The molecule has 0 bridgehead atoms. The normalized spacial score (nSPS) is 13.9. The maximum atomic E-state index is 13.9. The Kier molecular flexibility index (Phi) is 5.92. The van der Waals surface area contributed by atoms with Crippen molar-refractivity contribution >= 4 is 11.9 Å². The smallest absolute Gasteiger partial charge is 0.317 e. The van der Waals surface area contributed by atoms with E-state index in [1.807, 2.05) is 29.8 Å². The van der Waals surface area contributed by atoms with Crippen molar-refractivity contribution in [1.82, 2.24) is 29.7 Å². The lowest BCUT2D eigenvalue weighted by Crippen LogP contribution is -2.53. The Hall–Kier alpha value is -3.75. The molecule has 0 aliphatic carbocycles. The molecule has 9 heteroatoms. The molecule has 31 heavy (non-hydrogen) atoms. The molecule has 0 unspecified atom stereocenters. The van der Waals surface area contributed by atoms with Crippen molar-refractivity contribution in [2.45, 2.75) is 13.5 Å². The highest BCUT2D eigenvalue weighted by Gasteiger charge is 2.26. The molecular formula is C22H23FN6O2. The van der Waals surface area contributed by atoms with Gasteiger partial charge in [-0.25, -0.2) is 19.2 Å². The predicted molar refractivity (Wildman–Crippen MR) is 112 cm³/mol. The molecule has 1 N–H and O–H groups in total. The van der Waals surface area contributed by atoms with Crippen LogP contribution in [0.4, 0.5) is 9.18 Å². The average Bonchev–Trinajstić information content (AvgIpc) is 3.23. The summed E-state index contributed by atoms with van der Waals surface area (Å²) in [4.78, 5) is 36.8. The lowest BCUT2D eigenvalue weighted by atomic mass is 10.1. The summed E-state index contributed by atoms with van der Waals surface area (Å²) in [7, 11) is 0. The summed E-state index contributed by atoms with van der Waals surface area (Å²) in [6, 6.07) is 9.52. The van der Waals surface area contributed by atoms with E-state index in [-0.39, 0.29) is 17.5 Å². The topological polar surface area (TPSA) is 83.4 Å². The van der Waals surface area contributed by atoms with Gasteiger partial charge in [0.1, 0.15) is 17.5 Å². The highest BCUT2D eigenvalue weighted by atomic mass is 19.1. The molecule has 1 saturated heterocycles. The van der Waals surface area contributed by atoms with Gasteiger partial charge < -0.3 is 15.1 Å². The molecule has 0 saturated carbocycles. The van der Waals surface area contributed by atoms with Gasteiger partial charge in [0.05, 0.1) is 5.56 Å². The Morgan fingerprint density at radius 2 is 1.77 bits per heavy atom. The fourth-order valence-electron chi connectivity index (χ4n) is 3.49. The summed E-state index contributed by atoms with van der Waals surface area (Å²) in [5.41, 5.74) is 0.936. The van der Waals surface area contributed by atoms with Gasteiger partial charge in [0.25, 0.3) is 5.91 Å². The molecule has 4 rings (SSSR count). The standard InChI is InChI=1S/C22H23FN6O2/c1-16-24-8-9-29(16)20-7-6-17(14-25-20)15-26-22(31)28-12-10-27(11-13-28)21(30)18-4-2-3-5-19(18)23/h2-9,14H,10-13,15H2,1H3,(H,26,31). The number of hydrogen-bond donors (Lipinski definition) is 1. The van der Waals surface area contributed by atoms with Gasteiger partial charge in [-0.15, -0.1) is 0 Å². The fourth-order valence-corrected chi connectivity index (χ4v) is 3.49. The zero-order valence-corrected chi connectivity index (χ0v) is 17.2. The molecular weight excluding hydrogens is 399 g/mol. The highest BCUT2D eigenvalue weighted by Crippen LogP contribution is 2.13. The van der Waals surface area contributed by atoms with Crippen LogP contribution in [0.25, 0.3) is 5.82 Å². The van der Waals surface area contributed by atoms with E-state index < -0.39 is 5.82 Å². The van der Waals surface area contributed by atoms with E-state index in [1.165, 1.54) is 12.1 Å². The van der Waals surface area contributed by atoms with Gasteiger partial charge in [0.15, 0.2) is 0 Å². The SMILES string of the molecule is Cc1nccn1-c1ccc(CNC(=O)N2CCN(C(=O)c3ccccc3F)CC2)cn1. The van der Waals surface area contributed by atoms with Crippen molar-refractivity contribution in [2.24, 2.45) is 0 Å². The van der Waals surface area contributed by atoms with Crippen molar-refractivity contribution in [3.8, 4) is 5.82 Å². The highest BCUT2D eigenvalue weighted by molar-refractivity contribution is 5.94. The van der Waals surface area contributed by atoms with Crippen LogP contribution in [-0.2, 0) is 6.54 Å². The van der Waals surface area contributed by atoms with Crippen LogP contribution in [-0.4, -0.2) is 62.5 Å². The molecule has 1 aliphatic heterocycles. The van der Waals surface area contributed by atoms with Gasteiger partial charge in [-0.05, 0) is 30.7 Å². The van der Waals surface area contributed by atoms with E-state index in [4.69, 9.17) is 0 Å². The van der Waals surface area contributed by atoms with Gasteiger partial charge in [0.2, 0.25) is 0 Å². The zero-order chi connectivity index (χ0) is 21.8. The third-order valence-electron chi connectivity index (χ3n) is 5.28. The number of benzene rings is 1. The molecule has 0 spiro atoms. The summed E-state index contributed by atoms with van der Waals surface area (Å²) >= 11 is 0. The third kappa shape index (κ3) is 4.55. The van der Waals surface area contributed by atoms with Crippen molar-refractivity contribution in [3.63, 3.8) is 0 Å². The number of nitrogens with zero attached hydrogens (tertiary/aromatic N) is 5. The van der Waals surface area contributed by atoms with E-state index in [1.54, 1.807) is 34.3 Å². The molecule has 8 nitrogen and oxygen atoms in total. The summed E-state index contributed by atoms with van der Waals surface area (Å²) < 4.78 is 15.7. The molecule has 0 radical (unpaired) electrons. The van der Waals surface area contributed by atoms with E-state index in [9.17, 15) is 14.0 Å². The molecule has 3 heterocycles. The second-order valence-corrected chi connectivity index (χ2v) is 7.29. The minimum Gasteiger partial charge on any atom is -0.335 e. The molecule has 160 valence electrons. The molecule has 0 atom stereocenters. The van der Waals surface area contributed by atoms with E-state index in [0.717, 1.165) is 17.2 Å². The first-order valence-corrected chi connectivity index (χ1v) is 10.0. The van der Waals surface area contributed by atoms with Gasteiger partial charge in [-0.3, -0.25) is 9.36 Å². The number of aryl methyl sites for hydroxylation is 1. The second kappa shape index (κ2) is 8.95. The number of urea groups is 1. The van der Waals surface area contributed by atoms with Crippen LogP contribution >= 0.6 is 0 Å². The molecule has 1 aliphatic rings. The van der Waals surface area contributed by atoms with Crippen molar-refractivity contribution in [1.29, 1.82) is 0 Å². The molecule has 1 aromatic carbocycles. The van der Waals surface area contributed by atoms with Gasteiger partial charge >= 0.3 is 6.03 Å². The van der Waals surface area contributed by atoms with Crippen LogP contribution in [0.1, 0.15) is 21.7 Å². The molecule has 3 aromatic rings. The molecule has 3 amide bonds. The minimum absolute atomic E-state index is 0.0576. The third-order valence-corrected chi connectivity index (χ3v) is 5.28. The number of pyridine rings is 1. The van der Waals surface area contributed by atoms with Crippen molar-refractivity contribution < 1.29 is 14.0 Å². The average molecular weight is 422 g/mol. The van der Waals surface area contributed by atoms with Gasteiger partial charge in [-0.2, -0.15) is 0 Å². The number of imidazole rings is 1. The summed E-state index contributed by atoms with van der Waals surface area (Å²) in [5, 5.41) is 2.88. The van der Waals surface area contributed by atoms with Crippen LogP contribution in [0.3, 0.4) is 0 Å². The van der Waals surface area contributed by atoms with E-state index in [2.05, 4.69) is 15.3 Å². The number of carbonyl (C=O) groups is 2. The van der Waals surface area contributed by atoms with Gasteiger partial charge in [-0.1, -0.05) is 18.2 Å². The maximum Gasteiger partial charge on any atom is 0.317 e. The number of piperazine rings is 1. The Bertz CT molecular complexity index is 1070. The molecule has 1 fully saturated rings. The zero-order valence-electron chi connectivity index (χ0n) is 17.2. The number of hydrogen-bond acceptors (Lipinski definition) is 4. The Morgan fingerprint density at radius 3 is 2.42 bits per heavy atom. The number of nitrogens with one attached hydrogen (secondary N) is 1. The Morgan fingerprint density at radius 1 is 1.03 bits per heavy atom. The quantitative estimate of drug-likeness (QED) is 0.700. The Labute approximate surface area is 179 Å². The number of halogens is 1.